The molecule has 0 aliphatic carbocycles. The van der Waals surface area contributed by atoms with Gasteiger partial charge in [-0.25, -0.2) is 8.42 Å². The Morgan fingerprint density at radius 3 is 2.30 bits per heavy atom. The Bertz CT molecular complexity index is 1170. The van der Waals surface area contributed by atoms with Crippen molar-refractivity contribution in [3.05, 3.63) is 83.9 Å². The Kier molecular flexibility index (Phi) is 6.91. The smallest absolute Gasteiger partial charge is 0.264 e. The van der Waals surface area contributed by atoms with Crippen LogP contribution in [-0.4, -0.2) is 44.7 Å². The van der Waals surface area contributed by atoms with Gasteiger partial charge in [0.15, 0.2) is 11.5 Å². The molecule has 0 unspecified atom stereocenters. The van der Waals surface area contributed by atoms with E-state index in [2.05, 4.69) is 4.90 Å². The van der Waals surface area contributed by atoms with E-state index in [1.807, 2.05) is 61.5 Å². The van der Waals surface area contributed by atoms with Gasteiger partial charge in [0.25, 0.3) is 10.0 Å². The van der Waals surface area contributed by atoms with Crippen molar-refractivity contribution < 1.29 is 18.3 Å². The van der Waals surface area contributed by atoms with E-state index < -0.39 is 10.0 Å². The first kappa shape index (κ1) is 23.1. The molecular formula is C26H30N2O4S. The van der Waals surface area contributed by atoms with Crippen LogP contribution < -0.4 is 9.04 Å². The molecule has 0 spiro atoms. The van der Waals surface area contributed by atoms with Gasteiger partial charge in [0.1, 0.15) is 0 Å². The number of phenols is 1. The molecule has 3 aromatic carbocycles. The predicted molar refractivity (Wildman–Crippen MR) is 130 cm³/mol. The molecule has 0 radical (unpaired) electrons. The lowest BCUT2D eigenvalue weighted by atomic mass is 10.0. The summed E-state index contributed by atoms with van der Waals surface area (Å²) in [5.41, 5.74) is 2.77. The minimum absolute atomic E-state index is 0.121. The number of rotatable bonds is 7. The maximum atomic E-state index is 13.7. The maximum absolute atomic E-state index is 13.7. The summed E-state index contributed by atoms with van der Waals surface area (Å²) in [5, 5.41) is 9.83. The molecule has 4 rings (SSSR count). The highest BCUT2D eigenvalue weighted by Gasteiger charge is 2.34. The molecule has 0 aromatic heterocycles. The first-order chi connectivity index (χ1) is 15.9. The number of aromatic hydroxyl groups is 1. The zero-order valence-corrected chi connectivity index (χ0v) is 19.8. The van der Waals surface area contributed by atoms with Crippen molar-refractivity contribution >= 4 is 15.7 Å². The quantitative estimate of drug-likeness (QED) is 0.552. The number of benzene rings is 3. The van der Waals surface area contributed by atoms with Crippen LogP contribution in [0.1, 0.15) is 24.0 Å². The van der Waals surface area contributed by atoms with Crippen LogP contribution >= 0.6 is 0 Å². The lowest BCUT2D eigenvalue weighted by Crippen LogP contribution is -2.47. The molecule has 1 aliphatic heterocycles. The molecule has 1 fully saturated rings. The number of aryl methyl sites for hydroxylation is 1. The topological polar surface area (TPSA) is 70.1 Å². The van der Waals surface area contributed by atoms with Crippen molar-refractivity contribution in [1.29, 1.82) is 0 Å². The van der Waals surface area contributed by atoms with Gasteiger partial charge in [-0.05, 0) is 61.7 Å². The summed E-state index contributed by atoms with van der Waals surface area (Å²) in [6.07, 6.45) is 1.46. The fraction of sp³-hybridized carbons (Fsp3) is 0.308. The molecule has 3 aromatic rings. The lowest BCUT2D eigenvalue weighted by molar-refractivity contribution is 0.206. The number of anilines is 1. The molecule has 1 heterocycles. The van der Waals surface area contributed by atoms with Gasteiger partial charge >= 0.3 is 0 Å². The van der Waals surface area contributed by atoms with Crippen molar-refractivity contribution in [2.75, 3.05) is 24.5 Å². The summed E-state index contributed by atoms with van der Waals surface area (Å²) in [4.78, 5) is 2.62. The van der Waals surface area contributed by atoms with E-state index in [0.29, 0.717) is 16.3 Å². The minimum atomic E-state index is -3.69. The molecule has 1 saturated heterocycles. The van der Waals surface area contributed by atoms with Crippen LogP contribution in [0.4, 0.5) is 5.69 Å². The average Bonchev–Trinajstić information content (AvgIpc) is 2.82. The summed E-state index contributed by atoms with van der Waals surface area (Å²) in [5.74, 6) is 0.585. The SMILES string of the molecule is COc1cc(CN2CCC(N(c3ccccc3)S(=O)(=O)c3ccc(C)cc3)CC2)ccc1O. The number of likely N-dealkylation sites (tertiary alicyclic amines) is 1. The third-order valence-corrected chi connectivity index (χ3v) is 8.02. The van der Waals surface area contributed by atoms with Crippen LogP contribution in [-0.2, 0) is 16.6 Å². The van der Waals surface area contributed by atoms with Crippen LogP contribution in [0.2, 0.25) is 0 Å². The Balaban J connectivity index is 1.53. The zero-order chi connectivity index (χ0) is 23.4. The molecule has 1 aliphatic rings. The molecule has 7 heteroatoms. The van der Waals surface area contributed by atoms with Crippen LogP contribution in [0.5, 0.6) is 11.5 Å². The number of phenolic OH excluding ortho intramolecular Hbond substituents is 1. The normalized spacial score (nSPS) is 15.3. The van der Waals surface area contributed by atoms with E-state index in [1.165, 1.54) is 7.11 Å². The highest BCUT2D eigenvalue weighted by molar-refractivity contribution is 7.92. The molecular weight excluding hydrogens is 436 g/mol. The standard InChI is InChI=1S/C26H30N2O4S/c1-20-8-11-24(12-9-20)33(30,31)28(22-6-4-3-5-7-22)23-14-16-27(17-15-23)19-21-10-13-25(29)26(18-21)32-2/h3-13,18,23,29H,14-17,19H2,1-2H3. The van der Waals surface area contributed by atoms with Gasteiger partial charge in [-0.3, -0.25) is 9.21 Å². The van der Waals surface area contributed by atoms with Crippen LogP contribution in [0.15, 0.2) is 77.7 Å². The zero-order valence-electron chi connectivity index (χ0n) is 19.0. The van der Waals surface area contributed by atoms with Crippen LogP contribution in [0.25, 0.3) is 0 Å². The molecule has 0 bridgehead atoms. The Hall–Kier alpha value is -3.03. The van der Waals surface area contributed by atoms with Crippen LogP contribution in [0.3, 0.4) is 0 Å². The van der Waals surface area contributed by atoms with Crippen molar-refractivity contribution in [1.82, 2.24) is 4.90 Å². The summed E-state index contributed by atoms with van der Waals surface area (Å²) in [7, 11) is -2.15. The molecule has 0 atom stereocenters. The highest BCUT2D eigenvalue weighted by atomic mass is 32.2. The van der Waals surface area contributed by atoms with E-state index in [9.17, 15) is 13.5 Å². The van der Waals surface area contributed by atoms with E-state index in [-0.39, 0.29) is 11.8 Å². The van der Waals surface area contributed by atoms with Crippen molar-refractivity contribution in [3.63, 3.8) is 0 Å². The Morgan fingerprint density at radius 1 is 1.00 bits per heavy atom. The number of piperidine rings is 1. The largest absolute Gasteiger partial charge is 0.504 e. The third kappa shape index (κ3) is 5.15. The number of ether oxygens (including phenoxy) is 1. The molecule has 0 amide bonds. The molecule has 33 heavy (non-hydrogen) atoms. The summed E-state index contributed by atoms with van der Waals surface area (Å²) >= 11 is 0. The van der Waals surface area contributed by atoms with Crippen molar-refractivity contribution in [2.24, 2.45) is 0 Å². The first-order valence-corrected chi connectivity index (χ1v) is 12.6. The fourth-order valence-corrected chi connectivity index (χ4v) is 6.04. The van der Waals surface area contributed by atoms with Gasteiger partial charge in [-0.15, -0.1) is 0 Å². The summed E-state index contributed by atoms with van der Waals surface area (Å²) in [6, 6.07) is 21.7. The number of nitrogens with zero attached hydrogens (tertiary/aromatic N) is 2. The van der Waals surface area contributed by atoms with E-state index in [4.69, 9.17) is 4.74 Å². The van der Waals surface area contributed by atoms with E-state index >= 15 is 0 Å². The Morgan fingerprint density at radius 2 is 1.67 bits per heavy atom. The van der Waals surface area contributed by atoms with Crippen molar-refractivity contribution in [2.45, 2.75) is 37.2 Å². The second-order valence-electron chi connectivity index (χ2n) is 8.46. The van der Waals surface area contributed by atoms with Gasteiger partial charge < -0.3 is 9.84 Å². The minimum Gasteiger partial charge on any atom is -0.504 e. The number of para-hydroxylation sites is 1. The maximum Gasteiger partial charge on any atom is 0.264 e. The van der Waals surface area contributed by atoms with Crippen LogP contribution in [0, 0.1) is 6.92 Å². The van der Waals surface area contributed by atoms with Gasteiger partial charge in [0.05, 0.1) is 17.7 Å². The monoisotopic (exact) mass is 466 g/mol. The average molecular weight is 467 g/mol. The predicted octanol–water partition coefficient (Wildman–Crippen LogP) is 4.57. The number of methoxy groups -OCH3 is 1. The highest BCUT2D eigenvalue weighted by Crippen LogP contribution is 2.32. The number of hydrogen-bond donors (Lipinski definition) is 1. The lowest BCUT2D eigenvalue weighted by Gasteiger charge is -2.39. The van der Waals surface area contributed by atoms with Crippen molar-refractivity contribution in [3.8, 4) is 11.5 Å². The fourth-order valence-electron chi connectivity index (χ4n) is 4.34. The Labute approximate surface area is 196 Å². The number of sulfonamides is 1. The third-order valence-electron chi connectivity index (χ3n) is 6.13. The van der Waals surface area contributed by atoms with Gasteiger partial charge in [0.2, 0.25) is 0 Å². The molecule has 0 saturated carbocycles. The molecule has 6 nitrogen and oxygen atoms in total. The van der Waals surface area contributed by atoms with Gasteiger partial charge in [0, 0.05) is 25.7 Å². The van der Waals surface area contributed by atoms with E-state index in [0.717, 1.165) is 43.6 Å². The second kappa shape index (κ2) is 9.85. The number of hydrogen-bond acceptors (Lipinski definition) is 5. The summed E-state index contributed by atoms with van der Waals surface area (Å²) in [6.45, 7) is 4.23. The van der Waals surface area contributed by atoms with E-state index in [1.54, 1.807) is 22.5 Å². The second-order valence-corrected chi connectivity index (χ2v) is 10.3. The van der Waals surface area contributed by atoms with Gasteiger partial charge in [-0.2, -0.15) is 0 Å². The first-order valence-electron chi connectivity index (χ1n) is 11.1. The molecule has 174 valence electrons. The van der Waals surface area contributed by atoms with Gasteiger partial charge in [-0.1, -0.05) is 42.0 Å². The molecule has 1 N–H and O–H groups in total. The summed E-state index contributed by atoms with van der Waals surface area (Å²) < 4.78 is 34.2.